The molecule has 0 aromatic heterocycles. The van der Waals surface area contributed by atoms with E-state index < -0.39 is 96.6 Å². The van der Waals surface area contributed by atoms with Gasteiger partial charge in [-0.2, -0.15) is 0 Å². The van der Waals surface area contributed by atoms with Crippen LogP contribution in [0.2, 0.25) is 0 Å². The van der Waals surface area contributed by atoms with Crippen LogP contribution in [0.3, 0.4) is 0 Å². The number of nitrogens with zero attached hydrogens (tertiary/aromatic N) is 1. The van der Waals surface area contributed by atoms with Crippen molar-refractivity contribution in [3.63, 3.8) is 0 Å². The van der Waals surface area contributed by atoms with E-state index in [4.69, 9.17) is 23.7 Å². The number of carbonyl (C=O) groups is 4. The number of esters is 1. The lowest BCUT2D eigenvalue weighted by Gasteiger charge is -2.42. The Morgan fingerprint density at radius 3 is 2.15 bits per heavy atom. The number of methoxy groups -OCH3 is 3. The minimum Gasteiger partial charge on any atom is -0.480 e. The molecule has 2 saturated heterocycles. The van der Waals surface area contributed by atoms with E-state index in [9.17, 15) is 49.8 Å². The number of likely N-dealkylation sites (tertiary alicyclic amines) is 1. The van der Waals surface area contributed by atoms with Crippen LogP contribution in [0.15, 0.2) is 71.9 Å². The molecule has 1 aliphatic carbocycles. The van der Waals surface area contributed by atoms with Gasteiger partial charge in [0.1, 0.15) is 29.8 Å². The number of allylic oxidation sites excluding steroid dienone is 6. The molecule has 1 saturated carbocycles. The van der Waals surface area contributed by atoms with Crippen LogP contribution in [-0.2, 0) is 42.9 Å². The number of rotatable bonds is 28. The minimum absolute atomic E-state index is 0.00752. The quantitative estimate of drug-likeness (QED) is 0.0204. The Morgan fingerprint density at radius 1 is 0.849 bits per heavy atom. The van der Waals surface area contributed by atoms with Crippen LogP contribution in [0.5, 0.6) is 0 Å². The van der Waals surface area contributed by atoms with Crippen molar-refractivity contribution in [2.45, 2.75) is 181 Å². The third-order valence-corrected chi connectivity index (χ3v) is 15.5. The van der Waals surface area contributed by atoms with Crippen molar-refractivity contribution in [1.82, 2.24) is 4.90 Å². The Bertz CT molecular complexity index is 1960. The predicted molar refractivity (Wildman–Crippen MR) is 279 cm³/mol. The fourth-order valence-corrected chi connectivity index (χ4v) is 10.3. The van der Waals surface area contributed by atoms with Crippen LogP contribution in [-0.4, -0.2) is 155 Å². The summed E-state index contributed by atoms with van der Waals surface area (Å²) in [4.78, 5) is 52.3. The van der Waals surface area contributed by atoms with Gasteiger partial charge in [-0.25, -0.2) is 4.79 Å². The van der Waals surface area contributed by atoms with Crippen LogP contribution < -0.4 is 0 Å². The van der Waals surface area contributed by atoms with Gasteiger partial charge in [-0.3, -0.25) is 14.4 Å². The van der Waals surface area contributed by atoms with Gasteiger partial charge in [0.15, 0.2) is 0 Å². The third kappa shape index (κ3) is 17.9. The first kappa shape index (κ1) is 63.5. The molecule has 0 spiro atoms. The Balaban J connectivity index is 1.50. The monoisotopic (exact) mass is 1030 g/mol. The number of piperidine rings is 1. The van der Waals surface area contributed by atoms with Crippen molar-refractivity contribution in [2.24, 2.45) is 40.9 Å². The summed E-state index contributed by atoms with van der Waals surface area (Å²) in [7, 11) is 4.72. The average molecular weight is 1030 g/mol. The summed E-state index contributed by atoms with van der Waals surface area (Å²) in [6.07, 6.45) is 17.8. The average Bonchev–Trinajstić information content (AvgIpc) is 3.37. The highest BCUT2D eigenvalue weighted by molar-refractivity contribution is 6.39. The maximum absolute atomic E-state index is 13.5. The van der Waals surface area contributed by atoms with E-state index in [1.165, 1.54) is 6.92 Å². The summed E-state index contributed by atoms with van der Waals surface area (Å²) in [5.41, 5.74) is 0.954. The summed E-state index contributed by atoms with van der Waals surface area (Å²) >= 11 is 0. The summed E-state index contributed by atoms with van der Waals surface area (Å²) < 4.78 is 29.0. The van der Waals surface area contributed by atoms with E-state index in [0.29, 0.717) is 56.4 Å². The van der Waals surface area contributed by atoms with Gasteiger partial charge < -0.3 is 59.2 Å². The highest BCUT2D eigenvalue weighted by atomic mass is 16.6. The van der Waals surface area contributed by atoms with Crippen LogP contribution in [0, 0.1) is 40.9 Å². The first-order valence-electron chi connectivity index (χ1n) is 26.3. The van der Waals surface area contributed by atoms with Crippen molar-refractivity contribution >= 4 is 23.6 Å². The van der Waals surface area contributed by atoms with E-state index in [2.05, 4.69) is 33.4 Å². The van der Waals surface area contributed by atoms with Gasteiger partial charge in [-0.05, 0) is 125 Å². The van der Waals surface area contributed by atoms with E-state index in [0.717, 1.165) is 35.3 Å². The second kappa shape index (κ2) is 30.0. The van der Waals surface area contributed by atoms with Crippen LogP contribution in [0.25, 0.3) is 0 Å². The maximum atomic E-state index is 13.5. The number of aliphatic carboxylic acids is 1. The number of amides is 1. The fraction of sp³-hybridized carbons (Fsp3) is 0.719. The summed E-state index contributed by atoms with van der Waals surface area (Å²) in [6, 6.07) is -1.11. The van der Waals surface area contributed by atoms with Crippen LogP contribution in [0.4, 0.5) is 0 Å². The predicted octanol–water partition coefficient (Wildman–Crippen LogP) is 6.83. The molecular weight excluding hydrogens is 939 g/mol. The molecule has 73 heavy (non-hydrogen) atoms. The normalized spacial score (nSPS) is 28.1. The van der Waals surface area contributed by atoms with Gasteiger partial charge in [0.25, 0.3) is 11.7 Å². The fourth-order valence-electron chi connectivity index (χ4n) is 10.3. The number of ketones is 1. The minimum atomic E-state index is -2.37. The van der Waals surface area contributed by atoms with Gasteiger partial charge >= 0.3 is 11.9 Å². The number of ether oxygens (including phenoxy) is 5. The molecule has 1 amide bonds. The van der Waals surface area contributed by atoms with Crippen molar-refractivity contribution < 1.29 is 73.5 Å². The highest BCUT2D eigenvalue weighted by Crippen LogP contribution is 2.38. The summed E-state index contributed by atoms with van der Waals surface area (Å²) in [5.74, 6) is -6.67. The number of aliphatic hydroxyl groups excluding tert-OH is 4. The number of aliphatic hydroxyl groups is 5. The lowest BCUT2D eigenvalue weighted by atomic mass is 9.80. The molecule has 0 aromatic rings. The molecule has 3 fully saturated rings. The van der Waals surface area contributed by atoms with Crippen molar-refractivity contribution in [2.75, 3.05) is 41.1 Å². The zero-order valence-corrected chi connectivity index (χ0v) is 45.6. The van der Waals surface area contributed by atoms with Crippen LogP contribution >= 0.6 is 0 Å². The number of carbonyl (C=O) groups excluding carboxylic acids is 3. The Morgan fingerprint density at radius 2 is 1.53 bits per heavy atom. The van der Waals surface area contributed by atoms with Gasteiger partial charge in [0.05, 0.1) is 37.6 Å². The molecule has 16 heteroatoms. The van der Waals surface area contributed by atoms with Gasteiger partial charge in [0.2, 0.25) is 5.79 Å². The second-order valence-electron chi connectivity index (χ2n) is 21.7. The molecule has 2 aliphatic heterocycles. The van der Waals surface area contributed by atoms with Gasteiger partial charge in [0, 0.05) is 46.1 Å². The number of hydrogen-bond donors (Lipinski definition) is 6. The summed E-state index contributed by atoms with van der Waals surface area (Å²) in [6.45, 7) is 18.5. The molecule has 3 aliphatic rings. The van der Waals surface area contributed by atoms with Crippen molar-refractivity contribution in [3.8, 4) is 0 Å². The van der Waals surface area contributed by atoms with Crippen molar-refractivity contribution in [1.29, 1.82) is 0 Å². The second-order valence-corrected chi connectivity index (χ2v) is 21.7. The number of carboxylic acids is 1. The lowest BCUT2D eigenvalue weighted by molar-refractivity contribution is -0.265. The SMILES string of the molecule is C=C(C(C)CC(C)/C=C/C=C/C=C(\C)C(CC1CCC(C)C(O)(C(=O)C(=O)N2CCCCC2C(=O)O)O1)OC)C(OC)C(O)/C(C)=C/C(C)C(O)/C=C/C(C)CC1CCC(OC(=O)C(C)(CO)CO)C(OC)C1. The zero-order valence-electron chi connectivity index (χ0n) is 45.6. The third-order valence-electron chi connectivity index (χ3n) is 15.5. The Kier molecular flexibility index (Phi) is 26.1. The number of Topliss-reactive ketones (excluding diaryl/α,β-unsaturated/α-hetero) is 1. The van der Waals surface area contributed by atoms with Crippen LogP contribution in [0.1, 0.15) is 126 Å². The topological polar surface area (TPSA) is 239 Å². The molecule has 3 rings (SSSR count). The van der Waals surface area contributed by atoms with Crippen molar-refractivity contribution in [3.05, 3.63) is 71.9 Å². The smallest absolute Gasteiger partial charge is 0.326 e. The first-order chi connectivity index (χ1) is 34.4. The largest absolute Gasteiger partial charge is 0.480 e. The van der Waals surface area contributed by atoms with Gasteiger partial charge in [-0.15, -0.1) is 0 Å². The highest BCUT2D eigenvalue weighted by Gasteiger charge is 2.53. The zero-order chi connectivity index (χ0) is 54.8. The molecule has 16 nitrogen and oxygen atoms in total. The van der Waals surface area contributed by atoms with E-state index in [1.54, 1.807) is 34.3 Å². The molecule has 15 unspecified atom stereocenters. The molecule has 6 N–H and O–H groups in total. The molecule has 15 atom stereocenters. The summed E-state index contributed by atoms with van der Waals surface area (Å²) in [5, 5.41) is 62.9. The first-order valence-corrected chi connectivity index (χ1v) is 26.3. The number of carboxylic acid groups (broad SMARTS) is 1. The molecule has 0 radical (unpaired) electrons. The molecule has 2 heterocycles. The molecule has 0 bridgehead atoms. The molecular formula is C57H91NO15. The van der Waals surface area contributed by atoms with E-state index in [-0.39, 0.29) is 42.7 Å². The lowest BCUT2D eigenvalue weighted by Crippen LogP contribution is -2.60. The standard InChI is InChI=1S/C57H91NO15/c1-35(18-14-13-15-19-37(3)48(69-10)32-44-24-22-41(7)57(68,73-44)52(63)53(64)58-27-17-16-20-45(58)54(65)66)28-38(4)42(8)51(71-12)50(62)40(6)30-39(5)46(61)25-21-36(2)29-43-23-26-47(49(31-43)70-11)72-55(67)56(9,33-59)34-60/h13-15,18-19,21,25,30,35-36,38-39,41,43-51,59-62,68H,8,16-17,20,22-24,26-29,31-34H2,1-7,9-12H3,(H,65,66)/b15-13+,18-14+,25-21+,37-19+,40-30+. The Hall–Kier alpha value is -3.84. The van der Waals surface area contributed by atoms with E-state index in [1.807, 2.05) is 57.2 Å². The maximum Gasteiger partial charge on any atom is 0.326 e. The molecule has 0 aromatic carbocycles. The molecule has 414 valence electrons. The number of hydrogen-bond acceptors (Lipinski definition) is 14. The Labute approximate surface area is 435 Å². The van der Waals surface area contributed by atoms with Gasteiger partial charge in [-0.1, -0.05) is 89.8 Å². The van der Waals surface area contributed by atoms with E-state index >= 15 is 0 Å².